The van der Waals surface area contributed by atoms with Gasteiger partial charge in [0, 0.05) is 0 Å². The van der Waals surface area contributed by atoms with Gasteiger partial charge in [-0.1, -0.05) is 13.8 Å². The van der Waals surface area contributed by atoms with Crippen molar-refractivity contribution in [2.75, 3.05) is 14.1 Å². The molecule has 3 aliphatic rings. The molecular weight excluding hydrogens is 396 g/mol. The maximum absolute atomic E-state index is 12.6. The second kappa shape index (κ2) is 8.93. The average molecular weight is 433 g/mol. The molecule has 1 saturated carbocycles. The van der Waals surface area contributed by atoms with Crippen LogP contribution in [0.25, 0.3) is 0 Å². The Morgan fingerprint density at radius 3 is 2.30 bits per heavy atom. The number of ether oxygens (including phenoxy) is 3. The van der Waals surface area contributed by atoms with Gasteiger partial charge in [0.15, 0.2) is 0 Å². The normalized spacial score (nSPS) is 47.3. The van der Waals surface area contributed by atoms with E-state index in [-0.39, 0.29) is 18.4 Å². The quantitative estimate of drug-likeness (QED) is 0.237. The highest BCUT2D eigenvalue weighted by Crippen LogP contribution is 2.41. The molecule has 3 rings (SSSR count). The lowest BCUT2D eigenvalue weighted by atomic mass is 9.79. The van der Waals surface area contributed by atoms with E-state index in [1.807, 2.05) is 13.8 Å². The van der Waals surface area contributed by atoms with E-state index in [4.69, 9.17) is 19.9 Å². The molecule has 2 saturated heterocycles. The molecule has 0 radical (unpaired) electrons. The van der Waals surface area contributed by atoms with E-state index < -0.39 is 66.6 Å². The summed E-state index contributed by atoms with van der Waals surface area (Å²) >= 11 is 0. The molecule has 11 heteroatoms. The highest BCUT2D eigenvalue weighted by atomic mass is 16.8. The molecule has 1 aliphatic carbocycles. The van der Waals surface area contributed by atoms with Crippen LogP contribution in [0, 0.1) is 5.92 Å². The van der Waals surface area contributed by atoms with Crippen LogP contribution < -0.4 is 21.7 Å². The molecule has 0 aromatic heterocycles. The summed E-state index contributed by atoms with van der Waals surface area (Å²) in [4.78, 5) is 12.6. The smallest absolute Gasteiger partial charge is 0.239 e. The number of nitrogens with one attached hydrogen (secondary N) is 3. The Labute approximate surface area is 176 Å². The van der Waals surface area contributed by atoms with Gasteiger partial charge < -0.3 is 51.2 Å². The van der Waals surface area contributed by atoms with Crippen LogP contribution in [0.4, 0.5) is 0 Å². The first-order chi connectivity index (χ1) is 14.0. The fourth-order valence-corrected chi connectivity index (χ4v) is 4.59. The maximum Gasteiger partial charge on any atom is 0.239 e. The number of carbonyl (C=O) groups excluding carboxylic acids is 1. The molecule has 11 nitrogen and oxygen atoms in total. The molecule has 11 unspecified atom stereocenters. The van der Waals surface area contributed by atoms with Crippen molar-refractivity contribution in [3.8, 4) is 0 Å². The topological polar surface area (TPSA) is 168 Å². The van der Waals surface area contributed by atoms with E-state index in [0.29, 0.717) is 0 Å². The predicted molar refractivity (Wildman–Crippen MR) is 106 cm³/mol. The third kappa shape index (κ3) is 3.98. The number of carbonyl (C=O) groups is 1. The van der Waals surface area contributed by atoms with Gasteiger partial charge in [0.25, 0.3) is 0 Å². The maximum atomic E-state index is 12.6. The number of likely N-dealkylation sites (N-methyl/N-ethyl adjacent to an activating group) is 2. The van der Waals surface area contributed by atoms with E-state index in [1.165, 1.54) is 0 Å². The first-order valence-corrected chi connectivity index (χ1v) is 10.5. The molecule has 3 fully saturated rings. The molecule has 30 heavy (non-hydrogen) atoms. The second-order valence-electron chi connectivity index (χ2n) is 8.89. The van der Waals surface area contributed by atoms with E-state index in [9.17, 15) is 20.1 Å². The Morgan fingerprint density at radius 2 is 1.73 bits per heavy atom. The number of fused-ring (bicyclic) bond motifs is 2. The number of hydrogen-bond donors (Lipinski definition) is 7. The van der Waals surface area contributed by atoms with Crippen LogP contribution in [0.1, 0.15) is 27.2 Å². The SMILES string of the molecule is CNC1C(O)C(NC)C2OC3(O)C(NC(=O)C(N)C(C)C)CC(C)OC3OC2C1O. The highest BCUT2D eigenvalue weighted by Gasteiger charge is 2.63. The van der Waals surface area contributed by atoms with Crippen molar-refractivity contribution in [2.45, 2.75) is 94.0 Å². The third-order valence-corrected chi connectivity index (χ3v) is 6.49. The molecular formula is C19H36N4O7. The average Bonchev–Trinajstić information content (AvgIpc) is 2.68. The molecule has 1 amide bonds. The van der Waals surface area contributed by atoms with Crippen molar-refractivity contribution in [2.24, 2.45) is 11.7 Å². The monoisotopic (exact) mass is 432 g/mol. The fraction of sp³-hybridized carbons (Fsp3) is 0.947. The predicted octanol–water partition coefficient (Wildman–Crippen LogP) is -3.03. The Hall–Kier alpha value is -0.890. The molecule has 8 N–H and O–H groups in total. The second-order valence-corrected chi connectivity index (χ2v) is 8.89. The standard InChI is InChI=1S/C19H36N4O7/c1-7(2)10(20)17(26)23-9-6-8(3)28-18-19(9,27)30-15-12(22-5)13(24)11(21-4)14(25)16(15)29-18/h7-16,18,21-22,24-25,27H,6,20H2,1-5H3,(H,23,26). The Bertz CT molecular complexity index is 626. The minimum Gasteiger partial charge on any atom is -0.390 e. The lowest BCUT2D eigenvalue weighted by Gasteiger charge is -2.58. The van der Waals surface area contributed by atoms with E-state index in [2.05, 4.69) is 16.0 Å². The van der Waals surface area contributed by atoms with Crippen LogP contribution in [0.3, 0.4) is 0 Å². The molecule has 0 bridgehead atoms. The number of rotatable bonds is 5. The number of nitrogens with two attached hydrogens (primary N) is 1. The van der Waals surface area contributed by atoms with Crippen LogP contribution in [0.2, 0.25) is 0 Å². The molecule has 0 aromatic carbocycles. The number of hydrogen-bond acceptors (Lipinski definition) is 10. The molecule has 2 heterocycles. The van der Waals surface area contributed by atoms with Crippen LogP contribution in [-0.2, 0) is 19.0 Å². The van der Waals surface area contributed by atoms with Gasteiger partial charge in [-0.15, -0.1) is 0 Å². The van der Waals surface area contributed by atoms with Gasteiger partial charge in [0.1, 0.15) is 18.3 Å². The summed E-state index contributed by atoms with van der Waals surface area (Å²) < 4.78 is 17.8. The van der Waals surface area contributed by atoms with Crippen molar-refractivity contribution >= 4 is 5.91 Å². The third-order valence-electron chi connectivity index (χ3n) is 6.49. The number of aliphatic hydroxyl groups is 3. The van der Waals surface area contributed by atoms with E-state index >= 15 is 0 Å². The first kappa shape index (κ1) is 23.8. The van der Waals surface area contributed by atoms with Gasteiger partial charge in [-0.2, -0.15) is 0 Å². The lowest BCUT2D eigenvalue weighted by Crippen LogP contribution is -2.79. The minimum absolute atomic E-state index is 0.0867. The zero-order valence-electron chi connectivity index (χ0n) is 18.1. The Kier molecular flexibility index (Phi) is 7.07. The van der Waals surface area contributed by atoms with Crippen LogP contribution in [0.15, 0.2) is 0 Å². The van der Waals surface area contributed by atoms with E-state index in [1.54, 1.807) is 21.0 Å². The summed E-state index contributed by atoms with van der Waals surface area (Å²) in [7, 11) is 3.28. The van der Waals surface area contributed by atoms with Gasteiger partial charge >= 0.3 is 0 Å². The summed E-state index contributed by atoms with van der Waals surface area (Å²) in [5.41, 5.74) is 5.96. The highest BCUT2D eigenvalue weighted by molar-refractivity contribution is 5.82. The van der Waals surface area contributed by atoms with Gasteiger partial charge in [-0.25, -0.2) is 0 Å². The molecule has 0 spiro atoms. The van der Waals surface area contributed by atoms with Crippen molar-refractivity contribution in [1.29, 1.82) is 0 Å². The van der Waals surface area contributed by atoms with Gasteiger partial charge in [-0.05, 0) is 33.4 Å². The Balaban J connectivity index is 1.88. The summed E-state index contributed by atoms with van der Waals surface area (Å²) in [5.74, 6) is -2.51. The van der Waals surface area contributed by atoms with Crippen molar-refractivity contribution in [3.05, 3.63) is 0 Å². The van der Waals surface area contributed by atoms with Crippen LogP contribution in [-0.4, -0.2) is 102 Å². The molecule has 0 aromatic rings. The number of amides is 1. The summed E-state index contributed by atoms with van der Waals surface area (Å²) in [6.45, 7) is 5.46. The molecule has 11 atom stereocenters. The summed E-state index contributed by atoms with van der Waals surface area (Å²) in [5, 5.41) is 41.6. The van der Waals surface area contributed by atoms with Crippen LogP contribution in [0.5, 0.6) is 0 Å². The lowest BCUT2D eigenvalue weighted by molar-refractivity contribution is -0.449. The van der Waals surface area contributed by atoms with Crippen molar-refractivity contribution < 1.29 is 34.3 Å². The van der Waals surface area contributed by atoms with E-state index in [0.717, 1.165) is 0 Å². The van der Waals surface area contributed by atoms with Gasteiger partial charge in [-0.3, -0.25) is 4.79 Å². The van der Waals surface area contributed by atoms with Gasteiger partial charge in [0.05, 0.1) is 36.4 Å². The summed E-state index contributed by atoms with van der Waals surface area (Å²) in [6.07, 6.45) is -5.17. The zero-order valence-corrected chi connectivity index (χ0v) is 18.1. The zero-order chi connectivity index (χ0) is 22.4. The first-order valence-electron chi connectivity index (χ1n) is 10.5. The largest absolute Gasteiger partial charge is 0.390 e. The van der Waals surface area contributed by atoms with Crippen molar-refractivity contribution in [1.82, 2.24) is 16.0 Å². The number of aliphatic hydroxyl groups excluding tert-OH is 2. The Morgan fingerprint density at radius 1 is 1.10 bits per heavy atom. The van der Waals surface area contributed by atoms with Gasteiger partial charge in [0.2, 0.25) is 18.0 Å². The molecule has 2 aliphatic heterocycles. The fourth-order valence-electron chi connectivity index (χ4n) is 4.59. The minimum atomic E-state index is -2.01. The van der Waals surface area contributed by atoms with Crippen LogP contribution >= 0.6 is 0 Å². The summed E-state index contributed by atoms with van der Waals surface area (Å²) in [6, 6.07) is -2.91. The molecule has 174 valence electrons. The van der Waals surface area contributed by atoms with Crippen molar-refractivity contribution in [3.63, 3.8) is 0 Å².